The first kappa shape index (κ1) is 19.4. The zero-order valence-corrected chi connectivity index (χ0v) is 17.5. The van der Waals surface area contributed by atoms with Crippen LogP contribution in [0.1, 0.15) is 37.1 Å². The highest BCUT2D eigenvalue weighted by atomic mass is 32.2. The Labute approximate surface area is 166 Å². The molecule has 0 saturated heterocycles. The molecule has 1 aliphatic rings. The topological polar surface area (TPSA) is 124 Å². The van der Waals surface area contributed by atoms with E-state index in [0.29, 0.717) is 22.5 Å². The van der Waals surface area contributed by atoms with Crippen LogP contribution in [-0.4, -0.2) is 40.4 Å². The van der Waals surface area contributed by atoms with Gasteiger partial charge in [-0.25, -0.2) is 13.1 Å². The molecule has 1 aromatic carbocycles. The van der Waals surface area contributed by atoms with Gasteiger partial charge in [-0.1, -0.05) is 18.0 Å². The van der Waals surface area contributed by atoms with Gasteiger partial charge in [0.15, 0.2) is 0 Å². The van der Waals surface area contributed by atoms with Gasteiger partial charge in [0.05, 0.1) is 11.2 Å². The third kappa shape index (κ3) is 3.45. The summed E-state index contributed by atoms with van der Waals surface area (Å²) in [6.07, 6.45) is 5.19. The maximum Gasteiger partial charge on any atom is 0.321 e. The van der Waals surface area contributed by atoms with Crippen molar-refractivity contribution in [3.8, 4) is 11.1 Å². The quantitative estimate of drug-likeness (QED) is 0.609. The van der Waals surface area contributed by atoms with Crippen LogP contribution in [0.25, 0.3) is 22.2 Å². The van der Waals surface area contributed by atoms with Gasteiger partial charge in [0, 0.05) is 22.8 Å². The molecule has 3 aromatic rings. The monoisotopic (exact) mass is 422 g/mol. The number of nitrogens with zero attached hydrogens (tertiary/aromatic N) is 2. The van der Waals surface area contributed by atoms with Crippen LogP contribution in [0.2, 0.25) is 0 Å². The lowest BCUT2D eigenvalue weighted by molar-refractivity contribution is 0.393. The molecule has 2 aromatic heterocycles. The molecule has 10 heteroatoms. The van der Waals surface area contributed by atoms with E-state index in [1.54, 1.807) is 26.0 Å². The molecule has 1 unspecified atom stereocenters. The molecule has 0 aliphatic heterocycles. The average molecular weight is 423 g/mol. The standard InChI is InChI=1S/C18H22N4O4S2/c1-10-16(11(2)26-21-10)12-8-14-17(20-18(19-14)27(3)23)15(9-12)28(24,25)22-13-6-4-5-7-13/h8-9,13,22H,4-7H2,1-3H3,(H,19,20). The Kier molecular flexibility index (Phi) is 4.98. The Morgan fingerprint density at radius 3 is 2.61 bits per heavy atom. The molecule has 4 rings (SSSR count). The van der Waals surface area contributed by atoms with Crippen molar-refractivity contribution in [2.45, 2.75) is 55.6 Å². The largest absolute Gasteiger partial charge is 0.609 e. The van der Waals surface area contributed by atoms with Crippen molar-refractivity contribution in [3.63, 3.8) is 0 Å². The van der Waals surface area contributed by atoms with E-state index in [1.165, 1.54) is 6.26 Å². The molecular formula is C18H22N4O4S2. The number of aromatic nitrogens is 3. The summed E-state index contributed by atoms with van der Waals surface area (Å²) in [4.78, 5) is 7.36. The fraction of sp³-hybridized carbons (Fsp3) is 0.444. The first-order chi connectivity index (χ1) is 13.3. The fourth-order valence-corrected chi connectivity index (χ4v) is 5.74. The van der Waals surface area contributed by atoms with Crippen LogP contribution in [0.5, 0.6) is 0 Å². The second-order valence-corrected chi connectivity index (χ2v) is 10.1. The van der Waals surface area contributed by atoms with Gasteiger partial charge in [0.1, 0.15) is 22.4 Å². The van der Waals surface area contributed by atoms with Crippen LogP contribution >= 0.6 is 0 Å². The summed E-state index contributed by atoms with van der Waals surface area (Å²) in [5, 5.41) is 4.21. The van der Waals surface area contributed by atoms with Crippen LogP contribution in [0, 0.1) is 13.8 Å². The molecule has 0 spiro atoms. The van der Waals surface area contributed by atoms with Gasteiger partial charge < -0.3 is 9.08 Å². The summed E-state index contributed by atoms with van der Waals surface area (Å²) < 4.78 is 46.3. The number of imidazole rings is 1. The molecule has 1 fully saturated rings. The zero-order chi connectivity index (χ0) is 20.1. The van der Waals surface area contributed by atoms with E-state index < -0.39 is 21.2 Å². The van der Waals surface area contributed by atoms with Gasteiger partial charge in [-0.2, -0.15) is 4.98 Å². The van der Waals surface area contributed by atoms with E-state index in [-0.39, 0.29) is 21.6 Å². The molecule has 2 N–H and O–H groups in total. The number of hydrogen-bond acceptors (Lipinski definition) is 6. The third-order valence-electron chi connectivity index (χ3n) is 5.09. The number of aromatic amines is 1. The van der Waals surface area contributed by atoms with E-state index in [2.05, 4.69) is 19.8 Å². The molecule has 0 radical (unpaired) electrons. The molecule has 150 valence electrons. The smallest absolute Gasteiger partial charge is 0.321 e. The summed E-state index contributed by atoms with van der Waals surface area (Å²) >= 11 is -1.37. The highest BCUT2D eigenvalue weighted by molar-refractivity contribution is 7.90. The van der Waals surface area contributed by atoms with Crippen molar-refractivity contribution in [1.29, 1.82) is 0 Å². The van der Waals surface area contributed by atoms with Crippen molar-refractivity contribution in [1.82, 2.24) is 19.8 Å². The van der Waals surface area contributed by atoms with E-state index in [4.69, 9.17) is 4.52 Å². The minimum Gasteiger partial charge on any atom is -0.609 e. The SMILES string of the molecule is Cc1noc(C)c1-c1cc(S(=O)(=O)NC2CCCC2)c2nc([S+](C)[O-])[nH]c2c1. The lowest BCUT2D eigenvalue weighted by atomic mass is 10.0. The minimum absolute atomic E-state index is 0.0681. The first-order valence-electron chi connectivity index (χ1n) is 9.09. The highest BCUT2D eigenvalue weighted by Gasteiger charge is 2.28. The van der Waals surface area contributed by atoms with Crippen LogP contribution in [0.15, 0.2) is 26.7 Å². The Morgan fingerprint density at radius 2 is 2.00 bits per heavy atom. The predicted octanol–water partition coefficient (Wildman–Crippen LogP) is 2.79. The fourth-order valence-electron chi connectivity index (χ4n) is 3.77. The number of sulfonamides is 1. The van der Waals surface area contributed by atoms with Crippen molar-refractivity contribution < 1.29 is 17.5 Å². The number of benzene rings is 1. The number of rotatable bonds is 5. The highest BCUT2D eigenvalue weighted by Crippen LogP contribution is 2.34. The molecular weight excluding hydrogens is 400 g/mol. The molecule has 1 aliphatic carbocycles. The van der Waals surface area contributed by atoms with Crippen molar-refractivity contribution in [2.75, 3.05) is 6.26 Å². The second kappa shape index (κ2) is 7.18. The van der Waals surface area contributed by atoms with E-state index >= 15 is 0 Å². The van der Waals surface area contributed by atoms with Crippen molar-refractivity contribution in [2.24, 2.45) is 0 Å². The van der Waals surface area contributed by atoms with Crippen LogP contribution in [0.3, 0.4) is 0 Å². The number of aryl methyl sites for hydroxylation is 2. The van der Waals surface area contributed by atoms with Gasteiger partial charge in [-0.15, -0.1) is 0 Å². The maximum atomic E-state index is 13.2. The van der Waals surface area contributed by atoms with Gasteiger partial charge in [-0.05, 0) is 44.4 Å². The minimum atomic E-state index is -3.80. The second-order valence-electron chi connectivity index (χ2n) is 7.17. The summed E-state index contributed by atoms with van der Waals surface area (Å²) in [6.45, 7) is 3.59. The summed E-state index contributed by atoms with van der Waals surface area (Å²) in [5.41, 5.74) is 2.86. The third-order valence-corrected chi connectivity index (χ3v) is 7.36. The summed E-state index contributed by atoms with van der Waals surface area (Å²) in [6, 6.07) is 3.32. The number of nitrogens with one attached hydrogen (secondary N) is 2. The molecule has 0 bridgehead atoms. The average Bonchev–Trinajstić information content (AvgIpc) is 3.34. The maximum absolute atomic E-state index is 13.2. The van der Waals surface area contributed by atoms with Crippen LogP contribution < -0.4 is 4.72 Å². The molecule has 2 heterocycles. The molecule has 28 heavy (non-hydrogen) atoms. The van der Waals surface area contributed by atoms with Gasteiger partial charge >= 0.3 is 5.16 Å². The number of fused-ring (bicyclic) bond motifs is 1. The van der Waals surface area contributed by atoms with Crippen LogP contribution in [-0.2, 0) is 21.2 Å². The van der Waals surface area contributed by atoms with Crippen molar-refractivity contribution >= 4 is 32.2 Å². The number of H-pyrrole nitrogens is 1. The lowest BCUT2D eigenvalue weighted by Gasteiger charge is -2.14. The first-order valence-corrected chi connectivity index (χ1v) is 12.1. The normalized spacial score (nSPS) is 16.9. The van der Waals surface area contributed by atoms with Gasteiger partial charge in [-0.3, -0.25) is 4.98 Å². The van der Waals surface area contributed by atoms with E-state index in [1.807, 2.05) is 0 Å². The van der Waals surface area contributed by atoms with Crippen molar-refractivity contribution in [3.05, 3.63) is 23.6 Å². The Balaban J connectivity index is 1.92. The Hall–Kier alpha value is -1.88. The Morgan fingerprint density at radius 1 is 1.29 bits per heavy atom. The number of hydrogen-bond donors (Lipinski definition) is 2. The summed E-state index contributed by atoms with van der Waals surface area (Å²) in [5.74, 6) is 0.600. The van der Waals surface area contributed by atoms with Gasteiger partial charge in [0.2, 0.25) is 10.0 Å². The van der Waals surface area contributed by atoms with Crippen LogP contribution in [0.4, 0.5) is 0 Å². The van der Waals surface area contributed by atoms with E-state index in [0.717, 1.165) is 31.2 Å². The van der Waals surface area contributed by atoms with E-state index in [9.17, 15) is 13.0 Å². The van der Waals surface area contributed by atoms with Gasteiger partial charge in [0.25, 0.3) is 0 Å². The molecule has 0 amide bonds. The molecule has 1 atom stereocenters. The predicted molar refractivity (Wildman–Crippen MR) is 106 cm³/mol. The Bertz CT molecular complexity index is 1110. The zero-order valence-electron chi connectivity index (χ0n) is 15.9. The molecule has 8 nitrogen and oxygen atoms in total. The lowest BCUT2D eigenvalue weighted by Crippen LogP contribution is -2.32. The summed E-state index contributed by atoms with van der Waals surface area (Å²) in [7, 11) is -3.80. The molecule has 1 saturated carbocycles.